The molecule has 0 spiro atoms. The second-order valence-electron chi connectivity index (χ2n) is 5.24. The van der Waals surface area contributed by atoms with Gasteiger partial charge in [-0.2, -0.15) is 5.10 Å². The Kier molecular flexibility index (Phi) is 3.82. The van der Waals surface area contributed by atoms with Crippen LogP contribution in [0.3, 0.4) is 0 Å². The lowest BCUT2D eigenvalue weighted by atomic mass is 9.93. The number of benzene rings is 2. The molecule has 2 aromatic rings. The van der Waals surface area contributed by atoms with Gasteiger partial charge in [-0.05, 0) is 17.5 Å². The average Bonchev–Trinajstić information content (AvgIpc) is 2.92. The summed E-state index contributed by atoms with van der Waals surface area (Å²) in [6.07, 6.45) is 1.02. The number of hydrogen-bond acceptors (Lipinski definition) is 2. The van der Waals surface area contributed by atoms with Gasteiger partial charge in [0.2, 0.25) is 0 Å². The fourth-order valence-corrected chi connectivity index (χ4v) is 2.80. The van der Waals surface area contributed by atoms with Crippen molar-refractivity contribution < 1.29 is 0 Å². The molecule has 0 saturated heterocycles. The largest absolute Gasteiger partial charge is 0.292 e. The van der Waals surface area contributed by atoms with Gasteiger partial charge >= 0.3 is 0 Å². The third-order valence-corrected chi connectivity index (χ3v) is 3.84. The Balaban J connectivity index is 1.76. The fourth-order valence-electron chi connectivity index (χ4n) is 2.80. The molecule has 1 unspecified atom stereocenters. The maximum atomic E-state index is 4.81. The van der Waals surface area contributed by atoms with E-state index in [1.54, 1.807) is 0 Å². The minimum Gasteiger partial charge on any atom is -0.292 e. The second kappa shape index (κ2) is 5.91. The van der Waals surface area contributed by atoms with Gasteiger partial charge in [0.15, 0.2) is 0 Å². The molecule has 0 aliphatic carbocycles. The van der Waals surface area contributed by atoms with Crippen LogP contribution in [0.1, 0.15) is 30.4 Å². The third kappa shape index (κ3) is 2.74. The lowest BCUT2D eigenvalue weighted by Crippen LogP contribution is -2.18. The van der Waals surface area contributed by atoms with Crippen LogP contribution < -0.4 is 0 Å². The van der Waals surface area contributed by atoms with Crippen molar-refractivity contribution in [3.05, 3.63) is 71.8 Å². The quantitative estimate of drug-likeness (QED) is 0.813. The Morgan fingerprint density at radius 1 is 1.00 bits per heavy atom. The van der Waals surface area contributed by atoms with Crippen molar-refractivity contribution in [1.29, 1.82) is 0 Å². The number of hydrogen-bond donors (Lipinski definition) is 0. The van der Waals surface area contributed by atoms with Gasteiger partial charge in [-0.25, -0.2) is 0 Å². The van der Waals surface area contributed by atoms with Crippen LogP contribution in [0, 0.1) is 0 Å². The van der Waals surface area contributed by atoms with Crippen LogP contribution in [0.15, 0.2) is 65.8 Å². The molecule has 2 nitrogen and oxygen atoms in total. The molecular formula is C18H20N2. The van der Waals surface area contributed by atoms with Crippen molar-refractivity contribution in [3.63, 3.8) is 0 Å². The molecule has 1 aliphatic rings. The van der Waals surface area contributed by atoms with Crippen LogP contribution in [0.5, 0.6) is 0 Å². The molecule has 1 atom stereocenters. The maximum Gasteiger partial charge on any atom is 0.0611 e. The van der Waals surface area contributed by atoms with E-state index in [2.05, 4.69) is 72.6 Å². The Morgan fingerprint density at radius 3 is 2.30 bits per heavy atom. The van der Waals surface area contributed by atoms with Gasteiger partial charge in [0.05, 0.1) is 6.54 Å². The highest BCUT2D eigenvalue weighted by molar-refractivity contribution is 5.92. The van der Waals surface area contributed by atoms with Gasteiger partial charge in [0.1, 0.15) is 0 Å². The van der Waals surface area contributed by atoms with Gasteiger partial charge in [-0.3, -0.25) is 5.01 Å². The number of hydrazone groups is 1. The average molecular weight is 264 g/mol. The van der Waals surface area contributed by atoms with Crippen molar-refractivity contribution in [2.24, 2.45) is 5.10 Å². The molecule has 2 aromatic carbocycles. The lowest BCUT2D eigenvalue weighted by molar-refractivity contribution is 0.302. The molecule has 20 heavy (non-hydrogen) atoms. The monoisotopic (exact) mass is 264 g/mol. The topological polar surface area (TPSA) is 15.6 Å². The van der Waals surface area contributed by atoms with E-state index in [4.69, 9.17) is 5.10 Å². The Hall–Kier alpha value is -2.09. The standard InChI is InChI=1S/C18H20N2/c1-2-18-17(16-11-7-4-8-12-16)14-20(19-18)13-15-9-5-3-6-10-15/h3-12,17H,2,13-14H2,1H3. The first-order valence-electron chi connectivity index (χ1n) is 7.28. The summed E-state index contributed by atoms with van der Waals surface area (Å²) in [6, 6.07) is 21.3. The minimum absolute atomic E-state index is 0.449. The Labute approximate surface area is 120 Å². The highest BCUT2D eigenvalue weighted by Gasteiger charge is 2.26. The van der Waals surface area contributed by atoms with Crippen molar-refractivity contribution >= 4 is 5.71 Å². The summed E-state index contributed by atoms with van der Waals surface area (Å²) in [4.78, 5) is 0. The second-order valence-corrected chi connectivity index (χ2v) is 5.24. The summed E-state index contributed by atoms with van der Waals surface area (Å²) >= 11 is 0. The highest BCUT2D eigenvalue weighted by Crippen LogP contribution is 2.27. The molecule has 1 aliphatic heterocycles. The molecule has 0 radical (unpaired) electrons. The first-order valence-corrected chi connectivity index (χ1v) is 7.28. The van der Waals surface area contributed by atoms with E-state index in [0.29, 0.717) is 5.92 Å². The van der Waals surface area contributed by atoms with Crippen LogP contribution >= 0.6 is 0 Å². The van der Waals surface area contributed by atoms with Gasteiger partial charge in [0.25, 0.3) is 0 Å². The van der Waals surface area contributed by atoms with Gasteiger partial charge < -0.3 is 0 Å². The molecule has 1 heterocycles. The zero-order chi connectivity index (χ0) is 13.8. The predicted molar refractivity (Wildman–Crippen MR) is 83.8 cm³/mol. The number of rotatable bonds is 4. The summed E-state index contributed by atoms with van der Waals surface area (Å²) in [5.41, 5.74) is 4.00. The Bertz CT molecular complexity index is 575. The molecule has 3 rings (SSSR count). The summed E-state index contributed by atoms with van der Waals surface area (Å²) in [7, 11) is 0. The predicted octanol–water partition coefficient (Wildman–Crippen LogP) is 4.05. The normalized spacial score (nSPS) is 18.1. The van der Waals surface area contributed by atoms with E-state index in [0.717, 1.165) is 19.5 Å². The third-order valence-electron chi connectivity index (χ3n) is 3.84. The smallest absolute Gasteiger partial charge is 0.0611 e. The summed E-state index contributed by atoms with van der Waals surface area (Å²) < 4.78 is 0. The van der Waals surface area contributed by atoms with Crippen molar-refractivity contribution in [2.45, 2.75) is 25.8 Å². The SMILES string of the molecule is CCC1=NN(Cc2ccccc2)CC1c1ccccc1. The van der Waals surface area contributed by atoms with Crippen LogP contribution in [0.25, 0.3) is 0 Å². The van der Waals surface area contributed by atoms with Gasteiger partial charge in [-0.1, -0.05) is 67.6 Å². The molecular weight excluding hydrogens is 244 g/mol. The van der Waals surface area contributed by atoms with E-state index in [9.17, 15) is 0 Å². The molecule has 0 N–H and O–H groups in total. The first kappa shape index (κ1) is 12.9. The molecule has 2 heteroatoms. The lowest BCUT2D eigenvalue weighted by Gasteiger charge is -2.16. The van der Waals surface area contributed by atoms with E-state index >= 15 is 0 Å². The van der Waals surface area contributed by atoms with Crippen LogP contribution in [0.4, 0.5) is 0 Å². The summed E-state index contributed by atoms with van der Waals surface area (Å²) in [5.74, 6) is 0.449. The fraction of sp³-hybridized carbons (Fsp3) is 0.278. The molecule has 102 valence electrons. The highest BCUT2D eigenvalue weighted by atomic mass is 15.5. The molecule has 0 bridgehead atoms. The van der Waals surface area contributed by atoms with Crippen molar-refractivity contribution in [3.8, 4) is 0 Å². The summed E-state index contributed by atoms with van der Waals surface area (Å²) in [6.45, 7) is 4.08. The van der Waals surface area contributed by atoms with E-state index in [-0.39, 0.29) is 0 Å². The number of nitrogens with zero attached hydrogens (tertiary/aromatic N) is 2. The maximum absolute atomic E-state index is 4.81. The van der Waals surface area contributed by atoms with E-state index in [1.807, 2.05) is 0 Å². The van der Waals surface area contributed by atoms with Gasteiger partial charge in [0, 0.05) is 18.2 Å². The van der Waals surface area contributed by atoms with Crippen LogP contribution in [0.2, 0.25) is 0 Å². The minimum atomic E-state index is 0.449. The zero-order valence-electron chi connectivity index (χ0n) is 11.9. The molecule has 0 fully saturated rings. The van der Waals surface area contributed by atoms with Crippen LogP contribution in [-0.2, 0) is 6.54 Å². The molecule has 0 aromatic heterocycles. The van der Waals surface area contributed by atoms with E-state index in [1.165, 1.54) is 16.8 Å². The first-order chi connectivity index (χ1) is 9.86. The zero-order valence-corrected chi connectivity index (χ0v) is 11.9. The van der Waals surface area contributed by atoms with E-state index < -0.39 is 0 Å². The van der Waals surface area contributed by atoms with Gasteiger partial charge in [-0.15, -0.1) is 0 Å². The van der Waals surface area contributed by atoms with Crippen LogP contribution in [-0.4, -0.2) is 17.3 Å². The summed E-state index contributed by atoms with van der Waals surface area (Å²) in [5, 5.41) is 7.01. The molecule has 0 amide bonds. The molecule has 0 saturated carbocycles. The Morgan fingerprint density at radius 2 is 1.65 bits per heavy atom. The van der Waals surface area contributed by atoms with Crippen molar-refractivity contribution in [1.82, 2.24) is 5.01 Å². The van der Waals surface area contributed by atoms with Crippen molar-refractivity contribution in [2.75, 3.05) is 6.54 Å².